The second-order valence-corrected chi connectivity index (χ2v) is 3.06. The molecule has 1 rings (SSSR count). The highest BCUT2D eigenvalue weighted by molar-refractivity contribution is 5.11. The van der Waals surface area contributed by atoms with Gasteiger partial charge < -0.3 is 4.90 Å². The van der Waals surface area contributed by atoms with Gasteiger partial charge in [0.15, 0.2) is 0 Å². The summed E-state index contributed by atoms with van der Waals surface area (Å²) < 4.78 is 0. The van der Waals surface area contributed by atoms with Crippen LogP contribution in [0.25, 0.3) is 0 Å². The van der Waals surface area contributed by atoms with Crippen molar-refractivity contribution in [3.05, 3.63) is 29.6 Å². The molecule has 0 N–H and O–H groups in total. The predicted octanol–water partition coefficient (Wildman–Crippen LogP) is 1.45. The molecule has 0 unspecified atom stereocenters. The van der Waals surface area contributed by atoms with E-state index in [1.165, 1.54) is 5.56 Å². The van der Waals surface area contributed by atoms with Crippen LogP contribution in [-0.2, 0) is 6.54 Å². The summed E-state index contributed by atoms with van der Waals surface area (Å²) in [7, 11) is 4.09. The number of nitrogens with zero attached hydrogens (tertiary/aromatic N) is 2. The number of aromatic nitrogens is 1. The Bertz CT molecular complexity index is 214. The standard InChI is InChI=1S/C9H14N2/c1-8-4-5-9(10-6-8)7-11(2)3/h4-6H,7H2,1-3H3. The molecule has 0 saturated heterocycles. The maximum atomic E-state index is 4.28. The molecule has 0 bridgehead atoms. The molecule has 0 aliphatic carbocycles. The van der Waals surface area contributed by atoms with E-state index in [4.69, 9.17) is 0 Å². The molecule has 2 nitrogen and oxygen atoms in total. The van der Waals surface area contributed by atoms with Crippen LogP contribution in [-0.4, -0.2) is 24.0 Å². The summed E-state index contributed by atoms with van der Waals surface area (Å²) in [6.07, 6.45) is 1.90. The minimum absolute atomic E-state index is 0.917. The summed E-state index contributed by atoms with van der Waals surface area (Å²) in [5, 5.41) is 0. The lowest BCUT2D eigenvalue weighted by Gasteiger charge is -2.07. The molecule has 1 aromatic heterocycles. The molecular formula is C9H14N2. The summed E-state index contributed by atoms with van der Waals surface area (Å²) in [5.74, 6) is 0. The SMILES string of the molecule is Cc1ccc(CN(C)C)nc1. The van der Waals surface area contributed by atoms with Crippen molar-refractivity contribution in [3.8, 4) is 0 Å². The smallest absolute Gasteiger partial charge is 0.0543 e. The van der Waals surface area contributed by atoms with Gasteiger partial charge in [0.1, 0.15) is 0 Å². The third-order valence-corrected chi connectivity index (χ3v) is 1.45. The normalized spacial score (nSPS) is 10.5. The molecule has 1 aromatic rings. The number of pyridine rings is 1. The van der Waals surface area contributed by atoms with Crippen molar-refractivity contribution in [2.75, 3.05) is 14.1 Å². The van der Waals surface area contributed by atoms with Gasteiger partial charge in [0, 0.05) is 12.7 Å². The minimum atomic E-state index is 0.917. The van der Waals surface area contributed by atoms with Gasteiger partial charge in [-0.25, -0.2) is 0 Å². The van der Waals surface area contributed by atoms with Crippen LogP contribution in [0, 0.1) is 6.92 Å². The van der Waals surface area contributed by atoms with E-state index in [2.05, 4.69) is 22.0 Å². The molecule has 0 fully saturated rings. The topological polar surface area (TPSA) is 16.1 Å². The van der Waals surface area contributed by atoms with Gasteiger partial charge in [-0.2, -0.15) is 0 Å². The fourth-order valence-corrected chi connectivity index (χ4v) is 0.916. The summed E-state index contributed by atoms with van der Waals surface area (Å²) in [6, 6.07) is 4.15. The average molecular weight is 150 g/mol. The van der Waals surface area contributed by atoms with Gasteiger partial charge in [-0.05, 0) is 32.6 Å². The van der Waals surface area contributed by atoms with Crippen LogP contribution in [0.2, 0.25) is 0 Å². The molecule has 11 heavy (non-hydrogen) atoms. The lowest BCUT2D eigenvalue weighted by Crippen LogP contribution is -2.11. The zero-order valence-corrected chi connectivity index (χ0v) is 7.33. The Morgan fingerprint density at radius 3 is 2.55 bits per heavy atom. The summed E-state index contributed by atoms with van der Waals surface area (Å²) in [6.45, 7) is 2.96. The lowest BCUT2D eigenvalue weighted by molar-refractivity contribution is 0.397. The Kier molecular flexibility index (Phi) is 2.60. The number of hydrogen-bond donors (Lipinski definition) is 0. The second kappa shape index (κ2) is 3.49. The molecule has 0 amide bonds. The van der Waals surface area contributed by atoms with Crippen LogP contribution < -0.4 is 0 Å². The van der Waals surface area contributed by atoms with Crippen molar-refractivity contribution >= 4 is 0 Å². The highest BCUT2D eigenvalue weighted by atomic mass is 15.1. The van der Waals surface area contributed by atoms with Crippen molar-refractivity contribution in [1.29, 1.82) is 0 Å². The van der Waals surface area contributed by atoms with Crippen LogP contribution in [0.3, 0.4) is 0 Å². The lowest BCUT2D eigenvalue weighted by atomic mass is 10.3. The predicted molar refractivity (Wildman–Crippen MR) is 46.4 cm³/mol. The maximum absolute atomic E-state index is 4.28. The van der Waals surface area contributed by atoms with E-state index < -0.39 is 0 Å². The molecule has 0 aliphatic rings. The molecule has 0 aliphatic heterocycles. The van der Waals surface area contributed by atoms with Crippen molar-refractivity contribution in [1.82, 2.24) is 9.88 Å². The van der Waals surface area contributed by atoms with E-state index in [1.807, 2.05) is 27.2 Å². The summed E-state index contributed by atoms with van der Waals surface area (Å²) >= 11 is 0. The minimum Gasteiger partial charge on any atom is -0.304 e. The van der Waals surface area contributed by atoms with Crippen LogP contribution in [0.1, 0.15) is 11.3 Å². The van der Waals surface area contributed by atoms with Gasteiger partial charge in [0.2, 0.25) is 0 Å². The zero-order chi connectivity index (χ0) is 8.27. The average Bonchev–Trinajstić information content (AvgIpc) is 1.93. The quantitative estimate of drug-likeness (QED) is 0.634. The number of rotatable bonds is 2. The van der Waals surface area contributed by atoms with Gasteiger partial charge in [0.05, 0.1) is 5.69 Å². The van der Waals surface area contributed by atoms with Gasteiger partial charge in [-0.3, -0.25) is 4.98 Å². The Labute approximate surface area is 67.9 Å². The summed E-state index contributed by atoms with van der Waals surface area (Å²) in [4.78, 5) is 6.39. The third kappa shape index (κ3) is 2.68. The van der Waals surface area contributed by atoms with Crippen LogP contribution in [0.4, 0.5) is 0 Å². The Hall–Kier alpha value is -0.890. The van der Waals surface area contributed by atoms with Crippen LogP contribution >= 0.6 is 0 Å². The number of aryl methyl sites for hydroxylation is 1. The first-order valence-electron chi connectivity index (χ1n) is 3.75. The monoisotopic (exact) mass is 150 g/mol. The fourth-order valence-electron chi connectivity index (χ4n) is 0.916. The molecule has 2 heteroatoms. The maximum Gasteiger partial charge on any atom is 0.0543 e. The van der Waals surface area contributed by atoms with E-state index in [0.29, 0.717) is 0 Å². The second-order valence-electron chi connectivity index (χ2n) is 3.06. The number of hydrogen-bond acceptors (Lipinski definition) is 2. The molecule has 0 spiro atoms. The highest BCUT2D eigenvalue weighted by Crippen LogP contribution is 1.99. The van der Waals surface area contributed by atoms with Crippen LogP contribution in [0.5, 0.6) is 0 Å². The zero-order valence-electron chi connectivity index (χ0n) is 7.33. The van der Waals surface area contributed by atoms with Gasteiger partial charge >= 0.3 is 0 Å². The molecule has 0 radical (unpaired) electrons. The molecule has 0 atom stereocenters. The summed E-state index contributed by atoms with van der Waals surface area (Å²) in [5.41, 5.74) is 2.34. The van der Waals surface area contributed by atoms with E-state index in [9.17, 15) is 0 Å². The molecule has 60 valence electrons. The van der Waals surface area contributed by atoms with Gasteiger partial charge in [0.25, 0.3) is 0 Å². The van der Waals surface area contributed by atoms with E-state index in [-0.39, 0.29) is 0 Å². The molecule has 0 saturated carbocycles. The van der Waals surface area contributed by atoms with Crippen molar-refractivity contribution in [2.45, 2.75) is 13.5 Å². The first kappa shape index (κ1) is 8.21. The molecular weight excluding hydrogens is 136 g/mol. The van der Waals surface area contributed by atoms with E-state index in [0.717, 1.165) is 12.2 Å². The first-order chi connectivity index (χ1) is 5.18. The van der Waals surface area contributed by atoms with Crippen LogP contribution in [0.15, 0.2) is 18.3 Å². The van der Waals surface area contributed by atoms with Crippen molar-refractivity contribution < 1.29 is 0 Å². The fraction of sp³-hybridized carbons (Fsp3) is 0.444. The highest BCUT2D eigenvalue weighted by Gasteiger charge is 1.94. The first-order valence-corrected chi connectivity index (χ1v) is 3.75. The third-order valence-electron chi connectivity index (χ3n) is 1.45. The van der Waals surface area contributed by atoms with E-state index in [1.54, 1.807) is 0 Å². The molecule has 0 aromatic carbocycles. The largest absolute Gasteiger partial charge is 0.304 e. The molecule has 1 heterocycles. The van der Waals surface area contributed by atoms with E-state index >= 15 is 0 Å². The Morgan fingerprint density at radius 2 is 2.09 bits per heavy atom. The van der Waals surface area contributed by atoms with Crippen molar-refractivity contribution in [3.63, 3.8) is 0 Å². The van der Waals surface area contributed by atoms with Gasteiger partial charge in [-0.1, -0.05) is 6.07 Å². The Balaban J connectivity index is 2.66. The van der Waals surface area contributed by atoms with Crippen molar-refractivity contribution in [2.24, 2.45) is 0 Å². The van der Waals surface area contributed by atoms with Gasteiger partial charge in [-0.15, -0.1) is 0 Å². The Morgan fingerprint density at radius 1 is 1.36 bits per heavy atom.